The smallest absolute Gasteiger partial charge is 0.408 e. The molecule has 44 heavy (non-hydrogen) atoms. The molecule has 10 nitrogen and oxygen atoms in total. The Bertz CT molecular complexity index is 1540. The first-order valence-corrected chi connectivity index (χ1v) is 17.6. The Morgan fingerprint density at radius 2 is 1.84 bits per heavy atom. The molecule has 1 aromatic heterocycles. The fraction of sp³-hybridized carbons (Fsp3) is 0.562. The van der Waals surface area contributed by atoms with Crippen molar-refractivity contribution in [3.63, 3.8) is 0 Å². The first-order chi connectivity index (χ1) is 20.8. The number of allylic oxidation sites excluding steroid dienone is 2. The van der Waals surface area contributed by atoms with Gasteiger partial charge >= 0.3 is 6.09 Å². The molecule has 1 aliphatic carbocycles. The third-order valence-corrected chi connectivity index (χ3v) is 11.5. The summed E-state index contributed by atoms with van der Waals surface area (Å²) in [5.74, 6) is -1.58. The largest absolute Gasteiger partial charge is 0.444 e. The van der Waals surface area contributed by atoms with E-state index in [2.05, 4.69) is 10.0 Å². The Morgan fingerprint density at radius 1 is 1.07 bits per heavy atom. The number of alkyl carbamates (subject to hydrolysis) is 1. The maximum atomic E-state index is 13.8. The van der Waals surface area contributed by atoms with Crippen molar-refractivity contribution < 1.29 is 32.3 Å². The number of rotatable bonds is 4. The van der Waals surface area contributed by atoms with E-state index >= 15 is 0 Å². The molecule has 0 unspecified atom stereocenters. The summed E-state index contributed by atoms with van der Waals surface area (Å²) in [6, 6.07) is 7.24. The lowest BCUT2D eigenvalue weighted by molar-refractivity contribution is -0.140. The molecule has 4 atom stereocenters. The topological polar surface area (TPSA) is 139 Å². The predicted molar refractivity (Wildman–Crippen MR) is 167 cm³/mol. The summed E-state index contributed by atoms with van der Waals surface area (Å²) < 4.78 is 35.1. The van der Waals surface area contributed by atoms with Gasteiger partial charge in [0.15, 0.2) is 5.78 Å². The molecular formula is C32H41N3O7S2. The summed E-state index contributed by atoms with van der Waals surface area (Å²) in [4.78, 5) is 55.5. The van der Waals surface area contributed by atoms with E-state index in [4.69, 9.17) is 4.74 Å². The van der Waals surface area contributed by atoms with Crippen LogP contribution >= 0.6 is 11.3 Å². The molecule has 2 N–H and O–H groups in total. The lowest BCUT2D eigenvalue weighted by Gasteiger charge is -2.30. The fourth-order valence-electron chi connectivity index (χ4n) is 6.24. The van der Waals surface area contributed by atoms with Gasteiger partial charge in [0, 0.05) is 17.7 Å². The molecule has 238 valence electrons. The van der Waals surface area contributed by atoms with E-state index in [1.165, 1.54) is 4.90 Å². The quantitative estimate of drug-likeness (QED) is 0.443. The van der Waals surface area contributed by atoms with Gasteiger partial charge < -0.3 is 15.0 Å². The van der Waals surface area contributed by atoms with E-state index in [0.29, 0.717) is 38.6 Å². The minimum absolute atomic E-state index is 0.0377. The summed E-state index contributed by atoms with van der Waals surface area (Å²) in [5.41, 5.74) is -1.94. The van der Waals surface area contributed by atoms with Crippen LogP contribution in [0.3, 0.4) is 0 Å². The van der Waals surface area contributed by atoms with Crippen molar-refractivity contribution in [1.29, 1.82) is 0 Å². The number of hydrogen-bond acceptors (Lipinski definition) is 8. The van der Waals surface area contributed by atoms with Crippen LogP contribution in [0.5, 0.6) is 0 Å². The highest BCUT2D eigenvalue weighted by Crippen LogP contribution is 2.57. The molecule has 0 radical (unpaired) electrons. The molecule has 2 aromatic rings. The van der Waals surface area contributed by atoms with Gasteiger partial charge in [-0.05, 0) is 82.7 Å². The first-order valence-electron chi connectivity index (χ1n) is 15.3. The Labute approximate surface area is 262 Å². The summed E-state index contributed by atoms with van der Waals surface area (Å²) in [6.45, 7) is 5.61. The van der Waals surface area contributed by atoms with E-state index in [-0.39, 0.29) is 28.2 Å². The SMILES string of the molecule is CC(C)(C)OC(=O)N[C@H]1CCCCC/C=C\[C@@H]2C[C@@]2(C(=O)NS(=O)(=O)c2cc3ccccc3s2)CC(=O)[C@@H]2CCCN2C1=O. The van der Waals surface area contributed by atoms with Crippen LogP contribution in [0, 0.1) is 11.3 Å². The van der Waals surface area contributed by atoms with Crippen LogP contribution in [0.25, 0.3) is 10.1 Å². The lowest BCUT2D eigenvalue weighted by Crippen LogP contribution is -2.52. The number of benzene rings is 1. The van der Waals surface area contributed by atoms with Crippen molar-refractivity contribution in [1.82, 2.24) is 14.9 Å². The predicted octanol–water partition coefficient (Wildman–Crippen LogP) is 5.08. The van der Waals surface area contributed by atoms with Gasteiger partial charge in [0.1, 0.15) is 15.9 Å². The van der Waals surface area contributed by atoms with Gasteiger partial charge in [0.05, 0.1) is 11.5 Å². The number of nitrogens with zero attached hydrogens (tertiary/aromatic N) is 1. The Hall–Kier alpha value is -3.25. The molecule has 5 rings (SSSR count). The molecule has 0 bridgehead atoms. The van der Waals surface area contributed by atoms with Crippen LogP contribution in [-0.2, 0) is 29.1 Å². The Balaban J connectivity index is 1.37. The number of sulfonamides is 1. The highest BCUT2D eigenvalue weighted by Gasteiger charge is 2.61. The third-order valence-electron chi connectivity index (χ3n) is 8.60. The molecular weight excluding hydrogens is 603 g/mol. The number of hydrogen-bond donors (Lipinski definition) is 2. The number of thiophene rings is 1. The van der Waals surface area contributed by atoms with E-state index in [0.717, 1.165) is 40.7 Å². The molecule has 3 heterocycles. The normalized spacial score (nSPS) is 27.4. The van der Waals surface area contributed by atoms with Crippen LogP contribution in [-0.4, -0.2) is 61.2 Å². The second-order valence-electron chi connectivity index (χ2n) is 13.1. The summed E-state index contributed by atoms with van der Waals surface area (Å²) in [7, 11) is -4.16. The highest BCUT2D eigenvalue weighted by molar-refractivity contribution is 7.92. The van der Waals surface area contributed by atoms with E-state index in [1.54, 1.807) is 26.8 Å². The number of amides is 3. The zero-order valence-electron chi connectivity index (χ0n) is 25.5. The van der Waals surface area contributed by atoms with E-state index in [1.807, 2.05) is 36.4 Å². The molecule has 12 heteroatoms. The lowest BCUT2D eigenvalue weighted by atomic mass is 9.91. The third kappa shape index (κ3) is 7.17. The van der Waals surface area contributed by atoms with Gasteiger partial charge in [-0.1, -0.05) is 43.2 Å². The molecule has 1 saturated heterocycles. The molecule has 1 aromatic carbocycles. The van der Waals surface area contributed by atoms with Gasteiger partial charge in [0.2, 0.25) is 11.8 Å². The first kappa shape index (κ1) is 32.2. The average molecular weight is 644 g/mol. The molecule has 0 spiro atoms. The van der Waals surface area contributed by atoms with Gasteiger partial charge in [-0.25, -0.2) is 17.9 Å². The van der Waals surface area contributed by atoms with Gasteiger partial charge in [0.25, 0.3) is 10.0 Å². The zero-order chi connectivity index (χ0) is 31.7. The Morgan fingerprint density at radius 3 is 2.59 bits per heavy atom. The highest BCUT2D eigenvalue weighted by atomic mass is 32.2. The maximum absolute atomic E-state index is 13.8. The fourth-order valence-corrected chi connectivity index (χ4v) is 8.70. The number of ether oxygens (including phenoxy) is 1. The second-order valence-corrected chi connectivity index (χ2v) is 16.1. The number of carbonyl (C=O) groups is 4. The van der Waals surface area contributed by atoms with Crippen LogP contribution in [0.4, 0.5) is 4.79 Å². The minimum atomic E-state index is -4.16. The minimum Gasteiger partial charge on any atom is -0.444 e. The van der Waals surface area contributed by atoms with E-state index in [9.17, 15) is 27.6 Å². The molecule has 2 aliphatic heterocycles. The van der Waals surface area contributed by atoms with Crippen molar-refractivity contribution in [3.8, 4) is 0 Å². The van der Waals surface area contributed by atoms with Crippen molar-refractivity contribution >= 4 is 55.1 Å². The van der Waals surface area contributed by atoms with Crippen molar-refractivity contribution in [2.24, 2.45) is 11.3 Å². The van der Waals surface area contributed by atoms with Crippen LogP contribution in [0.1, 0.15) is 78.6 Å². The second kappa shape index (κ2) is 12.6. The summed E-state index contributed by atoms with van der Waals surface area (Å²) >= 11 is 1.08. The summed E-state index contributed by atoms with van der Waals surface area (Å²) in [6.07, 6.45) is 8.04. The molecule has 1 saturated carbocycles. The number of nitrogens with one attached hydrogen (secondary N) is 2. The average Bonchev–Trinajstić information content (AvgIpc) is 3.28. The van der Waals surface area contributed by atoms with E-state index < -0.39 is 45.1 Å². The van der Waals surface area contributed by atoms with Gasteiger partial charge in [-0.15, -0.1) is 11.3 Å². The van der Waals surface area contributed by atoms with Crippen LogP contribution in [0.15, 0.2) is 46.7 Å². The molecule has 3 aliphatic rings. The molecule has 3 amide bonds. The van der Waals surface area contributed by atoms with Crippen LogP contribution < -0.4 is 10.0 Å². The van der Waals surface area contributed by atoms with Crippen molar-refractivity contribution in [2.45, 2.75) is 100 Å². The number of fused-ring (bicyclic) bond motifs is 3. The monoisotopic (exact) mass is 643 g/mol. The Kier molecular flexibility index (Phi) is 9.23. The van der Waals surface area contributed by atoms with Crippen molar-refractivity contribution in [2.75, 3.05) is 6.54 Å². The van der Waals surface area contributed by atoms with Crippen molar-refractivity contribution in [3.05, 3.63) is 42.5 Å². The number of carbonyl (C=O) groups excluding carboxylic acids is 4. The van der Waals surface area contributed by atoms with Gasteiger partial charge in [-0.3, -0.25) is 14.4 Å². The standard InChI is InChI=1S/C32H41N3O7S2/c1-31(2,3)42-30(39)33-23-14-8-6-4-5-7-13-22-19-32(22,20-25(36)24-15-11-17-35(24)28(23)37)29(38)34-44(40,41)27-18-21-12-9-10-16-26(21)43-27/h7,9-10,12-13,16,18,22-24H,4-6,8,11,14-15,17,19-20H2,1-3H3,(H,33,39)(H,34,38)/b13-7-/t22-,23+,24+,32-/m1/s1. The zero-order valence-corrected chi connectivity index (χ0v) is 27.1. The maximum Gasteiger partial charge on any atom is 0.408 e. The summed E-state index contributed by atoms with van der Waals surface area (Å²) in [5, 5.41) is 3.50. The number of Topliss-reactive ketones (excluding diaryl/α,β-unsaturated/α-hetero) is 1. The molecule has 2 fully saturated rings. The van der Waals surface area contributed by atoms with Crippen LogP contribution in [0.2, 0.25) is 0 Å². The number of ketones is 1. The van der Waals surface area contributed by atoms with Gasteiger partial charge in [-0.2, -0.15) is 0 Å².